The number of rotatable bonds is 7. The predicted octanol–water partition coefficient (Wildman–Crippen LogP) is 2.60. The normalized spacial score (nSPS) is 19.6. The summed E-state index contributed by atoms with van der Waals surface area (Å²) in [5.74, 6) is 0.326. The van der Waals surface area contributed by atoms with Crippen LogP contribution in [0.1, 0.15) is 47.6 Å². The molecule has 1 heterocycles. The molecule has 1 aromatic carbocycles. The number of hydrogen-bond donors (Lipinski definition) is 4. The Hall–Kier alpha value is -2.67. The number of carboxylic acids is 1. The largest absolute Gasteiger partial charge is 0.477 e. The molecule has 27 heavy (non-hydrogen) atoms. The average Bonchev–Trinajstić information content (AvgIpc) is 3.16. The number of nitrogens with one attached hydrogen (secondary N) is 2. The third kappa shape index (κ3) is 5.17. The molecule has 0 spiro atoms. The zero-order chi connectivity index (χ0) is 19.2. The zero-order valence-corrected chi connectivity index (χ0v) is 15.3. The van der Waals surface area contributed by atoms with Crippen LogP contribution >= 0.6 is 0 Å². The fourth-order valence-electron chi connectivity index (χ4n) is 3.57. The van der Waals surface area contributed by atoms with E-state index in [2.05, 4.69) is 15.3 Å². The minimum atomic E-state index is -1.01. The highest BCUT2D eigenvalue weighted by Crippen LogP contribution is 2.29. The molecular formula is C20H26N4O3. The summed E-state index contributed by atoms with van der Waals surface area (Å²) in [4.78, 5) is 30.3. The molecule has 0 unspecified atom stereocenters. The molecule has 3 rings (SSSR count). The number of nitrogens with two attached hydrogens (primary N) is 1. The number of H-pyrrole nitrogens is 1. The molecule has 1 aliphatic rings. The number of anilines is 1. The number of aryl methyl sites for hydroxylation is 2. The SMILES string of the molecule is NCC1CCC(C(=O)Nc2cccc(CCc3ncc(C(=O)O)[nH]3)c2)CC1. The van der Waals surface area contributed by atoms with Crippen molar-refractivity contribution in [3.05, 3.63) is 47.5 Å². The van der Waals surface area contributed by atoms with Crippen molar-refractivity contribution in [2.45, 2.75) is 38.5 Å². The Balaban J connectivity index is 1.53. The van der Waals surface area contributed by atoms with Crippen molar-refractivity contribution in [1.82, 2.24) is 9.97 Å². The van der Waals surface area contributed by atoms with Gasteiger partial charge >= 0.3 is 5.97 Å². The van der Waals surface area contributed by atoms with Gasteiger partial charge in [0.05, 0.1) is 6.20 Å². The number of carboxylic acid groups (broad SMARTS) is 1. The maximum absolute atomic E-state index is 12.5. The molecule has 5 N–H and O–H groups in total. The molecule has 0 atom stereocenters. The van der Waals surface area contributed by atoms with Crippen molar-refractivity contribution < 1.29 is 14.7 Å². The van der Waals surface area contributed by atoms with Crippen LogP contribution in [0.5, 0.6) is 0 Å². The molecule has 1 amide bonds. The average molecular weight is 370 g/mol. The van der Waals surface area contributed by atoms with E-state index in [0.29, 0.717) is 31.1 Å². The summed E-state index contributed by atoms with van der Waals surface area (Å²) >= 11 is 0. The second-order valence-electron chi connectivity index (χ2n) is 7.19. The zero-order valence-electron chi connectivity index (χ0n) is 15.3. The monoisotopic (exact) mass is 370 g/mol. The smallest absolute Gasteiger partial charge is 0.353 e. The quantitative estimate of drug-likeness (QED) is 0.597. The van der Waals surface area contributed by atoms with Gasteiger partial charge in [0.1, 0.15) is 11.5 Å². The van der Waals surface area contributed by atoms with E-state index < -0.39 is 5.97 Å². The molecule has 0 bridgehead atoms. The summed E-state index contributed by atoms with van der Waals surface area (Å²) in [5.41, 5.74) is 7.67. The first-order chi connectivity index (χ1) is 13.0. The Morgan fingerprint density at radius 1 is 1.22 bits per heavy atom. The van der Waals surface area contributed by atoms with Crippen LogP contribution < -0.4 is 11.1 Å². The maximum Gasteiger partial charge on any atom is 0.353 e. The molecule has 2 aromatic rings. The van der Waals surface area contributed by atoms with Gasteiger partial charge < -0.3 is 21.1 Å². The van der Waals surface area contributed by atoms with Crippen molar-refractivity contribution >= 4 is 17.6 Å². The third-order valence-electron chi connectivity index (χ3n) is 5.25. The lowest BCUT2D eigenvalue weighted by atomic mass is 9.81. The van der Waals surface area contributed by atoms with Gasteiger partial charge in [0.2, 0.25) is 5.91 Å². The molecule has 0 radical (unpaired) electrons. The number of amides is 1. The van der Waals surface area contributed by atoms with Crippen LogP contribution in [0.15, 0.2) is 30.5 Å². The van der Waals surface area contributed by atoms with E-state index in [1.54, 1.807) is 0 Å². The summed E-state index contributed by atoms with van der Waals surface area (Å²) in [6.07, 6.45) is 6.49. The highest BCUT2D eigenvalue weighted by atomic mass is 16.4. The molecule has 144 valence electrons. The first-order valence-corrected chi connectivity index (χ1v) is 9.42. The topological polar surface area (TPSA) is 121 Å². The van der Waals surface area contributed by atoms with E-state index >= 15 is 0 Å². The lowest BCUT2D eigenvalue weighted by Crippen LogP contribution is -2.29. The van der Waals surface area contributed by atoms with E-state index in [-0.39, 0.29) is 17.5 Å². The Morgan fingerprint density at radius 2 is 2.00 bits per heavy atom. The van der Waals surface area contributed by atoms with E-state index in [9.17, 15) is 9.59 Å². The van der Waals surface area contributed by atoms with Crippen molar-refractivity contribution in [1.29, 1.82) is 0 Å². The van der Waals surface area contributed by atoms with E-state index in [1.807, 2.05) is 24.3 Å². The summed E-state index contributed by atoms with van der Waals surface area (Å²) in [6, 6.07) is 7.76. The van der Waals surface area contributed by atoms with Crippen LogP contribution in [0.3, 0.4) is 0 Å². The first-order valence-electron chi connectivity index (χ1n) is 9.42. The number of hydrogen-bond acceptors (Lipinski definition) is 4. The fourth-order valence-corrected chi connectivity index (χ4v) is 3.57. The number of carbonyl (C=O) groups is 2. The summed E-state index contributed by atoms with van der Waals surface area (Å²) in [6.45, 7) is 0.708. The maximum atomic E-state index is 12.5. The predicted molar refractivity (Wildman–Crippen MR) is 103 cm³/mol. The number of aromatic carboxylic acids is 1. The van der Waals surface area contributed by atoms with Crippen molar-refractivity contribution in [3.63, 3.8) is 0 Å². The number of imidazole rings is 1. The second kappa shape index (κ2) is 8.81. The molecule has 1 saturated carbocycles. The Kier molecular flexibility index (Phi) is 6.24. The number of nitrogens with zero attached hydrogens (tertiary/aromatic N) is 1. The fraction of sp³-hybridized carbons (Fsp3) is 0.450. The highest BCUT2D eigenvalue weighted by molar-refractivity contribution is 5.92. The Bertz CT molecular complexity index is 794. The third-order valence-corrected chi connectivity index (χ3v) is 5.25. The molecule has 1 aromatic heterocycles. The molecule has 1 fully saturated rings. The minimum Gasteiger partial charge on any atom is -0.477 e. The van der Waals surface area contributed by atoms with Crippen molar-refractivity contribution in [2.75, 3.05) is 11.9 Å². The van der Waals surface area contributed by atoms with Gasteiger partial charge in [-0.2, -0.15) is 0 Å². The molecule has 0 saturated heterocycles. The van der Waals surface area contributed by atoms with Crippen LogP contribution in [0, 0.1) is 11.8 Å². The number of aromatic amines is 1. The van der Waals surface area contributed by atoms with Crippen molar-refractivity contribution in [2.24, 2.45) is 17.6 Å². The van der Waals surface area contributed by atoms with Crippen LogP contribution in [-0.2, 0) is 17.6 Å². The first kappa shape index (κ1) is 19.1. The van der Waals surface area contributed by atoms with Gasteiger partial charge in [0, 0.05) is 18.0 Å². The number of carbonyl (C=O) groups excluding carboxylic acids is 1. The van der Waals surface area contributed by atoms with Crippen LogP contribution in [0.25, 0.3) is 0 Å². The highest BCUT2D eigenvalue weighted by Gasteiger charge is 2.25. The molecular weight excluding hydrogens is 344 g/mol. The van der Waals surface area contributed by atoms with Gasteiger partial charge in [-0.25, -0.2) is 9.78 Å². The van der Waals surface area contributed by atoms with Gasteiger partial charge in [-0.05, 0) is 62.3 Å². The van der Waals surface area contributed by atoms with Gasteiger partial charge in [-0.15, -0.1) is 0 Å². The Labute approximate surface area is 158 Å². The van der Waals surface area contributed by atoms with E-state index in [4.69, 9.17) is 10.8 Å². The standard InChI is InChI=1S/C20H26N4O3/c21-11-14-4-7-15(8-5-14)19(25)23-16-3-1-2-13(10-16)6-9-18-22-12-17(24-18)20(26)27/h1-3,10,12,14-15H,4-9,11,21H2,(H,22,24)(H,23,25)(H,26,27). The van der Waals surface area contributed by atoms with E-state index in [0.717, 1.165) is 36.9 Å². The number of aromatic nitrogens is 2. The van der Waals surface area contributed by atoms with Crippen LogP contribution in [0.2, 0.25) is 0 Å². The molecule has 0 aliphatic heterocycles. The summed E-state index contributed by atoms with van der Waals surface area (Å²) < 4.78 is 0. The molecule has 7 nitrogen and oxygen atoms in total. The summed E-state index contributed by atoms with van der Waals surface area (Å²) in [7, 11) is 0. The molecule has 1 aliphatic carbocycles. The number of benzene rings is 1. The Morgan fingerprint density at radius 3 is 2.67 bits per heavy atom. The van der Waals surface area contributed by atoms with E-state index in [1.165, 1.54) is 6.20 Å². The molecule has 7 heteroatoms. The summed E-state index contributed by atoms with van der Waals surface area (Å²) in [5, 5.41) is 12.0. The van der Waals surface area contributed by atoms with Gasteiger partial charge in [-0.1, -0.05) is 12.1 Å². The van der Waals surface area contributed by atoms with Crippen LogP contribution in [-0.4, -0.2) is 33.5 Å². The van der Waals surface area contributed by atoms with Gasteiger partial charge in [0.15, 0.2) is 0 Å². The van der Waals surface area contributed by atoms with Crippen molar-refractivity contribution in [3.8, 4) is 0 Å². The van der Waals surface area contributed by atoms with Gasteiger partial charge in [0.25, 0.3) is 0 Å². The lowest BCUT2D eigenvalue weighted by Gasteiger charge is -2.26. The second-order valence-corrected chi connectivity index (χ2v) is 7.19. The van der Waals surface area contributed by atoms with Crippen LogP contribution in [0.4, 0.5) is 5.69 Å². The lowest BCUT2D eigenvalue weighted by molar-refractivity contribution is -0.121. The minimum absolute atomic E-state index is 0.0639. The van der Waals surface area contributed by atoms with Gasteiger partial charge in [-0.3, -0.25) is 4.79 Å².